The van der Waals surface area contributed by atoms with Crippen LogP contribution in [0.4, 0.5) is 0 Å². The fourth-order valence-corrected chi connectivity index (χ4v) is 8.06. The monoisotopic (exact) mass is 443 g/mol. The summed E-state index contributed by atoms with van der Waals surface area (Å²) in [5, 5.41) is 0. The average molecular weight is 444 g/mol. The van der Waals surface area contributed by atoms with E-state index in [1.807, 2.05) is 6.08 Å². The van der Waals surface area contributed by atoms with Crippen molar-refractivity contribution in [2.24, 2.45) is 40.2 Å². The Morgan fingerprint density at radius 1 is 1.16 bits per heavy atom. The van der Waals surface area contributed by atoms with Crippen molar-refractivity contribution in [1.82, 2.24) is 0 Å². The number of allylic oxidation sites excluding steroid dienone is 1. The summed E-state index contributed by atoms with van der Waals surface area (Å²) in [5.74, 6) is 0.578. The maximum absolute atomic E-state index is 12.9. The van der Waals surface area contributed by atoms with Crippen LogP contribution < -0.4 is 5.73 Å². The van der Waals surface area contributed by atoms with Gasteiger partial charge in [-0.25, -0.2) is 0 Å². The number of carbonyl (C=O) groups is 4. The Hall–Kier alpha value is -1.82. The van der Waals surface area contributed by atoms with Gasteiger partial charge in [-0.3, -0.25) is 19.2 Å². The van der Waals surface area contributed by atoms with Crippen molar-refractivity contribution >= 4 is 23.3 Å². The molecule has 32 heavy (non-hydrogen) atoms. The van der Waals surface area contributed by atoms with E-state index >= 15 is 0 Å². The van der Waals surface area contributed by atoms with E-state index in [-0.39, 0.29) is 52.5 Å². The van der Waals surface area contributed by atoms with E-state index in [0.29, 0.717) is 24.7 Å². The van der Waals surface area contributed by atoms with E-state index in [0.717, 1.165) is 32.1 Å². The molecule has 0 bridgehead atoms. The molecule has 176 valence electrons. The zero-order valence-corrected chi connectivity index (χ0v) is 19.8. The maximum Gasteiger partial charge on any atom is 0.323 e. The second kappa shape index (κ2) is 8.19. The van der Waals surface area contributed by atoms with Crippen molar-refractivity contribution in [3.05, 3.63) is 11.6 Å². The summed E-state index contributed by atoms with van der Waals surface area (Å²) in [4.78, 5) is 49.1. The van der Waals surface area contributed by atoms with Gasteiger partial charge in [0.2, 0.25) is 0 Å². The van der Waals surface area contributed by atoms with Gasteiger partial charge in [0, 0.05) is 24.7 Å². The molecule has 8 atom stereocenters. The largest absolute Gasteiger partial charge is 0.461 e. The first kappa shape index (κ1) is 23.3. The Morgan fingerprint density at radius 2 is 1.88 bits per heavy atom. The highest BCUT2D eigenvalue weighted by Gasteiger charge is 2.63. The zero-order valence-electron chi connectivity index (χ0n) is 19.8. The molecular weight excluding hydrogens is 406 g/mol. The van der Waals surface area contributed by atoms with Gasteiger partial charge in [-0.1, -0.05) is 19.4 Å². The standard InChI is InChI=1S/C26H37NO5/c1-14(28)11-21(27)24(31)32-22-13-26(4)19(15(2)29)7-8-20(26)18-6-5-16-12-17(30)9-10-25(16,3)23(18)22/h12,18-23H,5-11,13,27H2,1-4H3. The number of fused-ring (bicyclic) bond motifs is 5. The molecular formula is C26H37NO5. The minimum Gasteiger partial charge on any atom is -0.461 e. The molecule has 0 aromatic heterocycles. The van der Waals surface area contributed by atoms with Crippen LogP contribution >= 0.6 is 0 Å². The molecule has 4 aliphatic carbocycles. The molecule has 4 aliphatic rings. The van der Waals surface area contributed by atoms with Crippen molar-refractivity contribution in [3.8, 4) is 0 Å². The van der Waals surface area contributed by atoms with Crippen LogP contribution in [-0.4, -0.2) is 35.5 Å². The third kappa shape index (κ3) is 3.68. The highest BCUT2D eigenvalue weighted by Crippen LogP contribution is 2.67. The van der Waals surface area contributed by atoms with Crippen LogP contribution in [0.25, 0.3) is 0 Å². The molecule has 3 saturated carbocycles. The van der Waals surface area contributed by atoms with Crippen LogP contribution in [0.1, 0.15) is 79.1 Å². The van der Waals surface area contributed by atoms with E-state index in [1.165, 1.54) is 12.5 Å². The van der Waals surface area contributed by atoms with Gasteiger partial charge in [-0.2, -0.15) is 0 Å². The smallest absolute Gasteiger partial charge is 0.323 e. The highest BCUT2D eigenvalue weighted by molar-refractivity contribution is 5.91. The molecule has 0 amide bonds. The van der Waals surface area contributed by atoms with Crippen LogP contribution in [0, 0.1) is 34.5 Å². The third-order valence-corrected chi connectivity index (χ3v) is 9.44. The maximum atomic E-state index is 12.9. The van der Waals surface area contributed by atoms with Crippen molar-refractivity contribution in [2.75, 3.05) is 0 Å². The summed E-state index contributed by atoms with van der Waals surface area (Å²) < 4.78 is 6.13. The number of hydrogen-bond acceptors (Lipinski definition) is 6. The molecule has 4 rings (SSSR count). The molecule has 0 saturated heterocycles. The summed E-state index contributed by atoms with van der Waals surface area (Å²) in [5.41, 5.74) is 6.79. The van der Waals surface area contributed by atoms with Gasteiger partial charge in [-0.15, -0.1) is 0 Å². The molecule has 0 aromatic carbocycles. The normalized spacial score (nSPS) is 41.6. The molecule has 0 spiro atoms. The number of nitrogens with two attached hydrogens (primary N) is 1. The Labute approximate surface area is 190 Å². The van der Waals surface area contributed by atoms with Crippen molar-refractivity contribution in [3.63, 3.8) is 0 Å². The third-order valence-electron chi connectivity index (χ3n) is 9.44. The Bertz CT molecular complexity index is 877. The highest BCUT2D eigenvalue weighted by atomic mass is 16.5. The fourth-order valence-electron chi connectivity index (χ4n) is 8.06. The van der Waals surface area contributed by atoms with Gasteiger partial charge in [0.15, 0.2) is 5.78 Å². The summed E-state index contributed by atoms with van der Waals surface area (Å²) in [6.07, 6.45) is 7.13. The molecule has 3 fully saturated rings. The Morgan fingerprint density at radius 3 is 2.53 bits per heavy atom. The summed E-state index contributed by atoms with van der Waals surface area (Å²) in [6, 6.07) is -0.969. The molecule has 0 aliphatic heterocycles. The number of Topliss-reactive ketones (excluding diaryl/α,β-unsaturated/α-hetero) is 2. The number of hydrogen-bond donors (Lipinski definition) is 1. The molecule has 0 radical (unpaired) electrons. The lowest BCUT2D eigenvalue weighted by molar-refractivity contribution is -0.179. The van der Waals surface area contributed by atoms with Crippen molar-refractivity contribution in [1.29, 1.82) is 0 Å². The average Bonchev–Trinajstić information content (AvgIpc) is 3.04. The van der Waals surface area contributed by atoms with Crippen LogP contribution in [0.3, 0.4) is 0 Å². The first-order valence-electron chi connectivity index (χ1n) is 12.2. The SMILES string of the molecule is CC(=O)CC(N)C(=O)OC1CC2(C)C(C(C)=O)CCC2C2CCC3=CC(=O)CCC3(C)C12. The number of ether oxygens (including phenoxy) is 1. The van der Waals surface area contributed by atoms with E-state index in [2.05, 4.69) is 13.8 Å². The van der Waals surface area contributed by atoms with Gasteiger partial charge in [-0.05, 0) is 81.1 Å². The summed E-state index contributed by atoms with van der Waals surface area (Å²) in [6.45, 7) is 7.55. The van der Waals surface area contributed by atoms with Gasteiger partial charge in [0.1, 0.15) is 23.7 Å². The molecule has 2 N–H and O–H groups in total. The van der Waals surface area contributed by atoms with Crippen LogP contribution in [0.2, 0.25) is 0 Å². The molecule has 0 aromatic rings. The second-order valence-electron chi connectivity index (χ2n) is 11.3. The zero-order chi connectivity index (χ0) is 23.4. The second-order valence-corrected chi connectivity index (χ2v) is 11.3. The lowest BCUT2D eigenvalue weighted by Crippen LogP contribution is -2.58. The molecule has 6 heteroatoms. The van der Waals surface area contributed by atoms with Crippen LogP contribution in [0.5, 0.6) is 0 Å². The molecule has 6 nitrogen and oxygen atoms in total. The minimum atomic E-state index is -0.969. The molecule has 8 unspecified atom stereocenters. The van der Waals surface area contributed by atoms with Crippen LogP contribution in [-0.2, 0) is 23.9 Å². The van der Waals surface area contributed by atoms with Crippen LogP contribution in [0.15, 0.2) is 11.6 Å². The van der Waals surface area contributed by atoms with Gasteiger partial charge < -0.3 is 10.5 Å². The number of ketones is 3. The molecule has 0 heterocycles. The van der Waals surface area contributed by atoms with E-state index in [1.54, 1.807) is 6.92 Å². The minimum absolute atomic E-state index is 0.0155. The predicted molar refractivity (Wildman–Crippen MR) is 119 cm³/mol. The topological polar surface area (TPSA) is 104 Å². The quantitative estimate of drug-likeness (QED) is 0.652. The van der Waals surface area contributed by atoms with Gasteiger partial charge in [0.05, 0.1) is 0 Å². The Balaban J connectivity index is 1.72. The van der Waals surface area contributed by atoms with E-state index < -0.39 is 12.0 Å². The van der Waals surface area contributed by atoms with E-state index in [9.17, 15) is 19.2 Å². The van der Waals surface area contributed by atoms with Gasteiger partial charge >= 0.3 is 5.97 Å². The Kier molecular flexibility index (Phi) is 5.98. The first-order valence-corrected chi connectivity index (χ1v) is 12.2. The number of esters is 1. The summed E-state index contributed by atoms with van der Waals surface area (Å²) in [7, 11) is 0. The summed E-state index contributed by atoms with van der Waals surface area (Å²) >= 11 is 0. The lowest BCUT2D eigenvalue weighted by Gasteiger charge is -2.60. The predicted octanol–water partition coefficient (Wildman–Crippen LogP) is 3.55. The number of rotatable bonds is 5. The van der Waals surface area contributed by atoms with Crippen molar-refractivity contribution in [2.45, 2.75) is 91.2 Å². The fraction of sp³-hybridized carbons (Fsp3) is 0.769. The van der Waals surface area contributed by atoms with E-state index in [4.69, 9.17) is 10.5 Å². The lowest BCUT2D eigenvalue weighted by atomic mass is 9.46. The van der Waals surface area contributed by atoms with Gasteiger partial charge in [0.25, 0.3) is 0 Å². The van der Waals surface area contributed by atoms with Crippen molar-refractivity contribution < 1.29 is 23.9 Å². The first-order chi connectivity index (χ1) is 15.0. The number of carbonyl (C=O) groups excluding carboxylic acids is 4.